The molecule has 2 heterocycles. The fourth-order valence-electron chi connectivity index (χ4n) is 3.53. The van der Waals surface area contributed by atoms with E-state index in [0.717, 1.165) is 51.3 Å². The van der Waals surface area contributed by atoms with Crippen LogP contribution in [0.1, 0.15) is 12.8 Å². The number of hydrogen-bond donors (Lipinski definition) is 0. The first-order valence-electron chi connectivity index (χ1n) is 9.67. The van der Waals surface area contributed by atoms with Crippen LogP contribution in [0.2, 0.25) is 0 Å². The molecule has 0 saturated carbocycles. The molecule has 2 saturated heterocycles. The highest BCUT2D eigenvalue weighted by Gasteiger charge is 2.29. The van der Waals surface area contributed by atoms with E-state index in [4.69, 9.17) is 14.2 Å². The number of ether oxygens (including phenoxy) is 3. The van der Waals surface area contributed by atoms with Crippen molar-refractivity contribution < 1.29 is 19.0 Å². The molecule has 1 amide bonds. The largest absolute Gasteiger partial charge is 0.491 e. The highest BCUT2D eigenvalue weighted by molar-refractivity contribution is 5.79. The maximum atomic E-state index is 12.6. The fourth-order valence-corrected chi connectivity index (χ4v) is 3.53. The standard InChI is InChI=1S/C20H30N2O4/c23-20(22-10-13-24-14-11-22)18-5-4-8-21(17-18)9-12-25-15-16-26-19-6-2-1-3-7-19/h1-3,6-7,18H,4-5,8-17H2. The van der Waals surface area contributed by atoms with E-state index >= 15 is 0 Å². The van der Waals surface area contributed by atoms with Crippen LogP contribution in [0.4, 0.5) is 0 Å². The zero-order valence-corrected chi connectivity index (χ0v) is 15.5. The number of piperidine rings is 1. The number of morpholine rings is 1. The van der Waals surface area contributed by atoms with Gasteiger partial charge in [0.25, 0.3) is 0 Å². The van der Waals surface area contributed by atoms with Crippen molar-refractivity contribution in [1.82, 2.24) is 9.80 Å². The molecule has 1 unspecified atom stereocenters. The van der Waals surface area contributed by atoms with Gasteiger partial charge in [0.1, 0.15) is 12.4 Å². The van der Waals surface area contributed by atoms with Crippen molar-refractivity contribution in [3.05, 3.63) is 30.3 Å². The molecule has 2 aliphatic rings. The summed E-state index contributed by atoms with van der Waals surface area (Å²) in [5.74, 6) is 1.30. The predicted molar refractivity (Wildman–Crippen MR) is 99.3 cm³/mol. The molecule has 144 valence electrons. The quantitative estimate of drug-likeness (QED) is 0.658. The lowest BCUT2D eigenvalue weighted by Gasteiger charge is -2.36. The number of amides is 1. The van der Waals surface area contributed by atoms with Gasteiger partial charge in [-0.3, -0.25) is 4.79 Å². The van der Waals surface area contributed by atoms with E-state index in [-0.39, 0.29) is 5.92 Å². The summed E-state index contributed by atoms with van der Waals surface area (Å²) < 4.78 is 16.6. The van der Waals surface area contributed by atoms with Crippen LogP contribution in [0.15, 0.2) is 30.3 Å². The predicted octanol–water partition coefficient (Wildman–Crippen LogP) is 1.65. The van der Waals surface area contributed by atoms with Gasteiger partial charge in [-0.1, -0.05) is 18.2 Å². The fraction of sp³-hybridized carbons (Fsp3) is 0.650. The molecular weight excluding hydrogens is 332 g/mol. The number of benzene rings is 1. The Bertz CT molecular complexity index is 534. The number of likely N-dealkylation sites (tertiary alicyclic amines) is 1. The average molecular weight is 362 g/mol. The van der Waals surface area contributed by atoms with E-state index in [1.807, 2.05) is 35.2 Å². The molecule has 0 spiro atoms. The first kappa shape index (κ1) is 19.1. The van der Waals surface area contributed by atoms with E-state index in [2.05, 4.69) is 4.90 Å². The third-order valence-electron chi connectivity index (χ3n) is 4.97. The molecule has 0 radical (unpaired) electrons. The summed E-state index contributed by atoms with van der Waals surface area (Å²) in [7, 11) is 0. The van der Waals surface area contributed by atoms with Gasteiger partial charge in [0, 0.05) is 26.2 Å². The molecule has 0 N–H and O–H groups in total. The number of carbonyl (C=O) groups excluding carboxylic acids is 1. The maximum absolute atomic E-state index is 12.6. The van der Waals surface area contributed by atoms with Crippen LogP contribution < -0.4 is 4.74 Å². The van der Waals surface area contributed by atoms with Crippen molar-refractivity contribution in [3.8, 4) is 5.75 Å². The topological polar surface area (TPSA) is 51.2 Å². The normalized spacial score (nSPS) is 21.5. The Morgan fingerprint density at radius 1 is 1.08 bits per heavy atom. The zero-order valence-electron chi connectivity index (χ0n) is 15.5. The Labute approximate surface area is 156 Å². The first-order chi connectivity index (χ1) is 12.8. The molecule has 2 fully saturated rings. The number of hydrogen-bond acceptors (Lipinski definition) is 5. The van der Waals surface area contributed by atoms with Gasteiger partial charge in [-0.2, -0.15) is 0 Å². The molecule has 1 aromatic rings. The van der Waals surface area contributed by atoms with Gasteiger partial charge < -0.3 is 24.0 Å². The molecule has 1 aromatic carbocycles. The lowest BCUT2D eigenvalue weighted by atomic mass is 9.96. The van der Waals surface area contributed by atoms with E-state index in [0.29, 0.717) is 38.9 Å². The first-order valence-corrected chi connectivity index (χ1v) is 9.67. The molecule has 2 aliphatic heterocycles. The van der Waals surface area contributed by atoms with Gasteiger partial charge >= 0.3 is 0 Å². The molecule has 0 aromatic heterocycles. The monoisotopic (exact) mass is 362 g/mol. The summed E-state index contributed by atoms with van der Waals surface area (Å²) in [4.78, 5) is 17.0. The Kier molecular flexibility index (Phi) is 7.73. The number of rotatable bonds is 8. The van der Waals surface area contributed by atoms with Gasteiger partial charge in [-0.15, -0.1) is 0 Å². The van der Waals surface area contributed by atoms with Crippen molar-refractivity contribution in [3.63, 3.8) is 0 Å². The van der Waals surface area contributed by atoms with Crippen LogP contribution in [0.3, 0.4) is 0 Å². The summed E-state index contributed by atoms with van der Waals surface area (Å²) >= 11 is 0. The van der Waals surface area contributed by atoms with Crippen LogP contribution in [0.5, 0.6) is 5.75 Å². The minimum Gasteiger partial charge on any atom is -0.491 e. The van der Waals surface area contributed by atoms with Crippen LogP contribution in [-0.4, -0.2) is 81.5 Å². The van der Waals surface area contributed by atoms with Crippen molar-refractivity contribution in [2.24, 2.45) is 5.92 Å². The van der Waals surface area contributed by atoms with Gasteiger partial charge in [0.05, 0.1) is 32.3 Å². The summed E-state index contributed by atoms with van der Waals surface area (Å²) in [6.45, 7) is 7.40. The smallest absolute Gasteiger partial charge is 0.227 e. The molecule has 0 bridgehead atoms. The zero-order chi connectivity index (χ0) is 18.0. The molecule has 6 heteroatoms. The maximum Gasteiger partial charge on any atom is 0.227 e. The van der Waals surface area contributed by atoms with E-state index in [1.54, 1.807) is 0 Å². The molecule has 3 rings (SSSR count). The Balaban J connectivity index is 1.29. The minimum absolute atomic E-state index is 0.128. The molecule has 1 atom stereocenters. The van der Waals surface area contributed by atoms with Crippen LogP contribution in [0.25, 0.3) is 0 Å². The minimum atomic E-state index is 0.128. The van der Waals surface area contributed by atoms with E-state index < -0.39 is 0 Å². The van der Waals surface area contributed by atoms with Crippen molar-refractivity contribution >= 4 is 5.91 Å². The van der Waals surface area contributed by atoms with Gasteiger partial charge in [-0.05, 0) is 31.5 Å². The van der Waals surface area contributed by atoms with Gasteiger partial charge in [-0.25, -0.2) is 0 Å². The molecule has 0 aliphatic carbocycles. The summed E-state index contributed by atoms with van der Waals surface area (Å²) in [6, 6.07) is 9.78. The lowest BCUT2D eigenvalue weighted by molar-refractivity contribution is -0.141. The second kappa shape index (κ2) is 10.5. The van der Waals surface area contributed by atoms with E-state index in [1.165, 1.54) is 0 Å². The summed E-state index contributed by atoms with van der Waals surface area (Å²) in [5.41, 5.74) is 0. The van der Waals surface area contributed by atoms with Crippen LogP contribution >= 0.6 is 0 Å². The molecule has 6 nitrogen and oxygen atoms in total. The summed E-state index contributed by atoms with van der Waals surface area (Å²) in [5, 5.41) is 0. The highest BCUT2D eigenvalue weighted by atomic mass is 16.5. The van der Waals surface area contributed by atoms with Crippen molar-refractivity contribution in [2.45, 2.75) is 12.8 Å². The summed E-state index contributed by atoms with van der Waals surface area (Å²) in [6.07, 6.45) is 2.08. The van der Waals surface area contributed by atoms with E-state index in [9.17, 15) is 4.79 Å². The third-order valence-corrected chi connectivity index (χ3v) is 4.97. The van der Waals surface area contributed by atoms with Crippen LogP contribution in [-0.2, 0) is 14.3 Å². The molecule has 26 heavy (non-hydrogen) atoms. The Morgan fingerprint density at radius 3 is 2.69 bits per heavy atom. The van der Waals surface area contributed by atoms with Crippen molar-refractivity contribution in [2.75, 3.05) is 65.8 Å². The number of carbonyl (C=O) groups is 1. The second-order valence-corrected chi connectivity index (χ2v) is 6.85. The second-order valence-electron chi connectivity index (χ2n) is 6.85. The average Bonchev–Trinajstić information content (AvgIpc) is 2.72. The Hall–Kier alpha value is -1.63. The SMILES string of the molecule is O=C(C1CCCN(CCOCCOc2ccccc2)C1)N1CCOCC1. The number of nitrogens with zero attached hydrogens (tertiary/aromatic N) is 2. The lowest BCUT2D eigenvalue weighted by Crippen LogP contribution is -2.48. The van der Waals surface area contributed by atoms with Crippen LogP contribution in [0, 0.1) is 5.92 Å². The van der Waals surface area contributed by atoms with Gasteiger partial charge in [0.15, 0.2) is 0 Å². The van der Waals surface area contributed by atoms with Gasteiger partial charge in [0.2, 0.25) is 5.91 Å². The number of para-hydroxylation sites is 1. The third kappa shape index (κ3) is 5.97. The molecular formula is C20H30N2O4. The van der Waals surface area contributed by atoms with Crippen molar-refractivity contribution in [1.29, 1.82) is 0 Å². The Morgan fingerprint density at radius 2 is 1.88 bits per heavy atom. The highest BCUT2D eigenvalue weighted by Crippen LogP contribution is 2.19.